The molecule has 0 bridgehead atoms. The first-order chi connectivity index (χ1) is 5.72. The van der Waals surface area contributed by atoms with E-state index in [1.165, 1.54) is 12.8 Å². The van der Waals surface area contributed by atoms with Gasteiger partial charge < -0.3 is 10.4 Å². The van der Waals surface area contributed by atoms with Crippen molar-refractivity contribution in [1.29, 1.82) is 0 Å². The van der Waals surface area contributed by atoms with E-state index in [1.807, 2.05) is 0 Å². The van der Waals surface area contributed by atoms with Gasteiger partial charge in [0.15, 0.2) is 0 Å². The van der Waals surface area contributed by atoms with Crippen LogP contribution in [-0.2, 0) is 0 Å². The Balaban J connectivity index is 2.07. The van der Waals surface area contributed by atoms with Crippen molar-refractivity contribution in [1.82, 2.24) is 5.32 Å². The van der Waals surface area contributed by atoms with Crippen molar-refractivity contribution in [3.63, 3.8) is 0 Å². The van der Waals surface area contributed by atoms with Gasteiger partial charge in [0, 0.05) is 6.04 Å². The number of hydrogen-bond acceptors (Lipinski definition) is 2. The lowest BCUT2D eigenvalue weighted by atomic mass is 10.1. The van der Waals surface area contributed by atoms with Gasteiger partial charge in [-0.1, -0.05) is 6.92 Å². The molecule has 3 unspecified atom stereocenters. The lowest BCUT2D eigenvalue weighted by Gasteiger charge is -2.15. The van der Waals surface area contributed by atoms with Crippen LogP contribution in [0.3, 0.4) is 0 Å². The molecular formula is C10H21NO. The van der Waals surface area contributed by atoms with Crippen LogP contribution in [0.5, 0.6) is 0 Å². The molecule has 0 aromatic rings. The highest BCUT2D eigenvalue weighted by atomic mass is 16.3. The summed E-state index contributed by atoms with van der Waals surface area (Å²) in [6, 6.07) is 0.628. The Hall–Kier alpha value is -0.0800. The molecule has 0 aromatic heterocycles. The molecule has 0 heterocycles. The largest absolute Gasteiger partial charge is 0.393 e. The van der Waals surface area contributed by atoms with Gasteiger partial charge in [0.05, 0.1) is 6.10 Å². The van der Waals surface area contributed by atoms with Crippen LogP contribution < -0.4 is 5.32 Å². The fourth-order valence-corrected chi connectivity index (χ4v) is 1.75. The fraction of sp³-hybridized carbons (Fsp3) is 1.00. The van der Waals surface area contributed by atoms with E-state index in [0.29, 0.717) is 12.0 Å². The molecule has 0 saturated heterocycles. The molecule has 72 valence electrons. The molecule has 0 spiro atoms. The summed E-state index contributed by atoms with van der Waals surface area (Å²) in [4.78, 5) is 0. The van der Waals surface area contributed by atoms with Crippen molar-refractivity contribution in [2.75, 3.05) is 6.54 Å². The Morgan fingerprint density at radius 3 is 2.75 bits per heavy atom. The third-order valence-corrected chi connectivity index (χ3v) is 2.88. The van der Waals surface area contributed by atoms with E-state index in [2.05, 4.69) is 19.2 Å². The lowest BCUT2D eigenvalue weighted by molar-refractivity contribution is 0.177. The van der Waals surface area contributed by atoms with Gasteiger partial charge in [-0.05, 0) is 45.1 Å². The van der Waals surface area contributed by atoms with E-state index in [9.17, 15) is 5.11 Å². The summed E-state index contributed by atoms with van der Waals surface area (Å²) < 4.78 is 0. The smallest absolute Gasteiger partial charge is 0.0543 e. The first-order valence-corrected chi connectivity index (χ1v) is 5.13. The number of nitrogens with one attached hydrogen (secondary N) is 1. The Kier molecular flexibility index (Phi) is 4.02. The van der Waals surface area contributed by atoms with Crippen LogP contribution in [0.25, 0.3) is 0 Å². The Morgan fingerprint density at radius 2 is 2.25 bits per heavy atom. The predicted octanol–water partition coefficient (Wildman–Crippen LogP) is 1.54. The summed E-state index contributed by atoms with van der Waals surface area (Å²) >= 11 is 0. The van der Waals surface area contributed by atoms with Gasteiger partial charge in [-0.15, -0.1) is 0 Å². The highest BCUT2D eigenvalue weighted by molar-refractivity contribution is 4.76. The second kappa shape index (κ2) is 4.83. The normalized spacial score (nSPS) is 32.2. The first-order valence-electron chi connectivity index (χ1n) is 5.13. The zero-order valence-electron chi connectivity index (χ0n) is 8.21. The highest BCUT2D eigenvalue weighted by Crippen LogP contribution is 2.24. The molecule has 0 aliphatic heterocycles. The monoisotopic (exact) mass is 171 g/mol. The second-order valence-corrected chi connectivity index (χ2v) is 4.05. The first kappa shape index (κ1) is 10.0. The molecule has 3 atom stereocenters. The molecule has 2 heteroatoms. The van der Waals surface area contributed by atoms with E-state index < -0.39 is 0 Å². The quantitative estimate of drug-likeness (QED) is 0.672. The van der Waals surface area contributed by atoms with Crippen molar-refractivity contribution in [3.8, 4) is 0 Å². The van der Waals surface area contributed by atoms with Gasteiger partial charge in [-0.2, -0.15) is 0 Å². The van der Waals surface area contributed by atoms with Crippen molar-refractivity contribution >= 4 is 0 Å². The summed E-state index contributed by atoms with van der Waals surface area (Å²) in [5, 5.41) is 12.8. The van der Waals surface area contributed by atoms with Crippen LogP contribution in [0.15, 0.2) is 0 Å². The summed E-state index contributed by atoms with van der Waals surface area (Å²) in [5.41, 5.74) is 0. The minimum Gasteiger partial charge on any atom is -0.393 e. The second-order valence-electron chi connectivity index (χ2n) is 4.05. The van der Waals surface area contributed by atoms with Gasteiger partial charge in [-0.3, -0.25) is 0 Å². The minimum absolute atomic E-state index is 0.0197. The molecule has 2 nitrogen and oxygen atoms in total. The zero-order chi connectivity index (χ0) is 8.97. The van der Waals surface area contributed by atoms with E-state index in [-0.39, 0.29) is 6.10 Å². The van der Waals surface area contributed by atoms with Gasteiger partial charge in [0.2, 0.25) is 0 Å². The van der Waals surface area contributed by atoms with Gasteiger partial charge in [-0.25, -0.2) is 0 Å². The molecule has 0 amide bonds. The number of aliphatic hydroxyl groups is 1. The molecule has 0 aromatic carbocycles. The Labute approximate surface area is 75.4 Å². The van der Waals surface area contributed by atoms with Gasteiger partial charge >= 0.3 is 0 Å². The topological polar surface area (TPSA) is 32.3 Å². The van der Waals surface area contributed by atoms with Crippen LogP contribution in [0.1, 0.15) is 39.5 Å². The third-order valence-electron chi connectivity index (χ3n) is 2.88. The number of hydrogen-bond donors (Lipinski definition) is 2. The summed E-state index contributed by atoms with van der Waals surface area (Å²) in [6.07, 6.45) is 4.38. The number of aliphatic hydroxyl groups excluding tert-OH is 1. The highest BCUT2D eigenvalue weighted by Gasteiger charge is 2.22. The molecule has 1 aliphatic rings. The standard InChI is InChI=1S/C10H21NO/c1-3-8(2)11-7-9-4-5-10(12)6-9/h8-12H,3-7H2,1-2H3. The molecule has 2 N–H and O–H groups in total. The molecule has 1 saturated carbocycles. The van der Waals surface area contributed by atoms with Crippen molar-refractivity contribution < 1.29 is 5.11 Å². The van der Waals surface area contributed by atoms with Gasteiger partial charge in [0.1, 0.15) is 0 Å². The zero-order valence-corrected chi connectivity index (χ0v) is 8.21. The van der Waals surface area contributed by atoms with E-state index >= 15 is 0 Å². The summed E-state index contributed by atoms with van der Waals surface area (Å²) in [5.74, 6) is 0.717. The van der Waals surface area contributed by atoms with Crippen LogP contribution >= 0.6 is 0 Å². The Bertz CT molecular complexity index is 127. The summed E-state index contributed by atoms with van der Waals surface area (Å²) in [6.45, 7) is 5.50. The van der Waals surface area contributed by atoms with Gasteiger partial charge in [0.25, 0.3) is 0 Å². The average molecular weight is 171 g/mol. The van der Waals surface area contributed by atoms with Crippen molar-refractivity contribution in [2.45, 2.75) is 51.7 Å². The van der Waals surface area contributed by atoms with Crippen LogP contribution in [-0.4, -0.2) is 23.8 Å². The molecule has 12 heavy (non-hydrogen) atoms. The number of rotatable bonds is 4. The Morgan fingerprint density at radius 1 is 1.50 bits per heavy atom. The van der Waals surface area contributed by atoms with Crippen molar-refractivity contribution in [2.24, 2.45) is 5.92 Å². The van der Waals surface area contributed by atoms with E-state index in [4.69, 9.17) is 0 Å². The molecule has 1 aliphatic carbocycles. The maximum Gasteiger partial charge on any atom is 0.0543 e. The molecule has 1 rings (SSSR count). The molecule has 0 radical (unpaired) electrons. The SMILES string of the molecule is CCC(C)NCC1CCC(O)C1. The molecular weight excluding hydrogens is 150 g/mol. The van der Waals surface area contributed by atoms with Crippen LogP contribution in [0.4, 0.5) is 0 Å². The van der Waals surface area contributed by atoms with Crippen LogP contribution in [0, 0.1) is 5.92 Å². The van der Waals surface area contributed by atoms with Crippen LogP contribution in [0.2, 0.25) is 0 Å². The van der Waals surface area contributed by atoms with E-state index in [1.54, 1.807) is 0 Å². The maximum absolute atomic E-state index is 9.29. The third kappa shape index (κ3) is 3.11. The molecule has 1 fully saturated rings. The summed E-state index contributed by atoms with van der Waals surface area (Å²) in [7, 11) is 0. The lowest BCUT2D eigenvalue weighted by Crippen LogP contribution is -2.30. The maximum atomic E-state index is 9.29. The van der Waals surface area contributed by atoms with E-state index in [0.717, 1.165) is 19.4 Å². The van der Waals surface area contributed by atoms with Crippen molar-refractivity contribution in [3.05, 3.63) is 0 Å². The minimum atomic E-state index is -0.0197. The average Bonchev–Trinajstić information content (AvgIpc) is 2.47. The predicted molar refractivity (Wildman–Crippen MR) is 51.1 cm³/mol. The fourth-order valence-electron chi connectivity index (χ4n) is 1.75.